The minimum Gasteiger partial charge on any atom is -0.310 e. The Morgan fingerprint density at radius 2 is 0.641 bits per heavy atom. The Bertz CT molecular complexity index is 3210. The quantitative estimate of drug-likeness (QED) is 0.140. The lowest BCUT2D eigenvalue weighted by Crippen LogP contribution is -2.17. The van der Waals surface area contributed by atoms with Gasteiger partial charge >= 0.3 is 0 Å². The molecule has 0 saturated heterocycles. The van der Waals surface area contributed by atoms with Crippen molar-refractivity contribution in [1.29, 1.82) is 0 Å². The number of hydrogen-bond donors (Lipinski definition) is 0. The minimum atomic E-state index is -0.148. The van der Waals surface area contributed by atoms with Crippen LogP contribution in [0.5, 0.6) is 0 Å². The largest absolute Gasteiger partial charge is 0.310 e. The first-order chi connectivity index (χ1) is 31.5. The molecule has 0 aromatic heterocycles. The van der Waals surface area contributed by atoms with Crippen molar-refractivity contribution in [3.63, 3.8) is 0 Å². The van der Waals surface area contributed by atoms with E-state index in [2.05, 4.69) is 267 Å². The third-order valence-electron chi connectivity index (χ3n) is 13.1. The van der Waals surface area contributed by atoms with Gasteiger partial charge in [0.2, 0.25) is 0 Å². The third kappa shape index (κ3) is 7.02. The molecule has 0 amide bonds. The number of nitrogens with zero attached hydrogens (tertiary/aromatic N) is 1. The average molecular weight is 818 g/mol. The molecule has 1 aliphatic rings. The normalized spacial score (nSPS) is 12.3. The molecule has 1 aliphatic carbocycles. The number of anilines is 3. The molecule has 0 radical (unpaired) electrons. The molecule has 304 valence electrons. The zero-order valence-electron chi connectivity index (χ0n) is 36.1. The van der Waals surface area contributed by atoms with E-state index in [0.717, 1.165) is 22.6 Å². The first-order valence-electron chi connectivity index (χ1n) is 22.3. The number of para-hydroxylation sites is 1. The summed E-state index contributed by atoms with van der Waals surface area (Å²) in [4.78, 5) is 2.47. The SMILES string of the molecule is CC1(C)c2ccccc2-c2ccc(N(c3ccc(-c4cc(-c5ccccc5)cc(-c5ccccc5)c4)cc3)c3ccccc3-c3ccccc3-c3ccccc3-c3ccccc3)cc21. The van der Waals surface area contributed by atoms with Crippen LogP contribution in [0.2, 0.25) is 0 Å². The summed E-state index contributed by atoms with van der Waals surface area (Å²) in [6.07, 6.45) is 0. The lowest BCUT2D eigenvalue weighted by molar-refractivity contribution is 0.660. The summed E-state index contributed by atoms with van der Waals surface area (Å²) >= 11 is 0. The van der Waals surface area contributed by atoms with E-state index in [1.54, 1.807) is 0 Å². The highest BCUT2D eigenvalue weighted by Gasteiger charge is 2.36. The Morgan fingerprint density at radius 1 is 0.250 bits per heavy atom. The van der Waals surface area contributed by atoms with Gasteiger partial charge in [0.05, 0.1) is 5.69 Å². The highest BCUT2D eigenvalue weighted by atomic mass is 15.1. The summed E-state index contributed by atoms with van der Waals surface area (Å²) < 4.78 is 0. The number of hydrogen-bond acceptors (Lipinski definition) is 1. The average Bonchev–Trinajstić information content (AvgIpc) is 3.60. The van der Waals surface area contributed by atoms with Crippen LogP contribution in [-0.4, -0.2) is 0 Å². The second kappa shape index (κ2) is 16.4. The zero-order chi connectivity index (χ0) is 43.0. The van der Waals surface area contributed by atoms with Crippen molar-refractivity contribution in [3.05, 3.63) is 260 Å². The van der Waals surface area contributed by atoms with E-state index in [-0.39, 0.29) is 5.41 Å². The zero-order valence-corrected chi connectivity index (χ0v) is 36.1. The summed E-state index contributed by atoms with van der Waals surface area (Å²) in [5, 5.41) is 0. The number of rotatable bonds is 9. The first kappa shape index (κ1) is 38.9. The molecule has 0 bridgehead atoms. The molecule has 0 heterocycles. The molecular weight excluding hydrogens is 771 g/mol. The highest BCUT2D eigenvalue weighted by Crippen LogP contribution is 2.52. The second-order valence-corrected chi connectivity index (χ2v) is 17.3. The fourth-order valence-corrected chi connectivity index (χ4v) is 9.89. The van der Waals surface area contributed by atoms with Crippen LogP contribution in [0.1, 0.15) is 25.0 Å². The first-order valence-corrected chi connectivity index (χ1v) is 22.3. The predicted octanol–water partition coefficient (Wildman–Crippen LogP) is 17.5. The van der Waals surface area contributed by atoms with Crippen LogP contribution in [0.4, 0.5) is 17.1 Å². The van der Waals surface area contributed by atoms with Crippen LogP contribution < -0.4 is 4.90 Å². The molecule has 0 fully saturated rings. The molecule has 0 spiro atoms. The molecule has 0 unspecified atom stereocenters. The Hall–Kier alpha value is -8.00. The molecule has 1 heteroatoms. The maximum atomic E-state index is 2.47. The third-order valence-corrected chi connectivity index (χ3v) is 13.1. The van der Waals surface area contributed by atoms with Crippen LogP contribution in [0.3, 0.4) is 0 Å². The van der Waals surface area contributed by atoms with Gasteiger partial charge in [-0.25, -0.2) is 0 Å². The maximum Gasteiger partial charge on any atom is 0.0540 e. The van der Waals surface area contributed by atoms with Crippen molar-refractivity contribution >= 4 is 17.1 Å². The Balaban J connectivity index is 1.08. The van der Waals surface area contributed by atoms with Crippen LogP contribution in [0.25, 0.3) is 77.9 Å². The van der Waals surface area contributed by atoms with E-state index in [1.807, 2.05) is 0 Å². The van der Waals surface area contributed by atoms with Crippen LogP contribution in [-0.2, 0) is 5.41 Å². The fraction of sp³-hybridized carbons (Fsp3) is 0.0476. The van der Waals surface area contributed by atoms with Gasteiger partial charge in [0.15, 0.2) is 0 Å². The summed E-state index contributed by atoms with van der Waals surface area (Å²) in [5.41, 5.74) is 22.9. The van der Waals surface area contributed by atoms with Crippen molar-refractivity contribution in [2.24, 2.45) is 0 Å². The topological polar surface area (TPSA) is 3.24 Å². The minimum absolute atomic E-state index is 0.148. The summed E-state index contributed by atoms with van der Waals surface area (Å²) in [6, 6.07) is 90.9. The monoisotopic (exact) mass is 817 g/mol. The van der Waals surface area contributed by atoms with Gasteiger partial charge in [-0.2, -0.15) is 0 Å². The van der Waals surface area contributed by atoms with Gasteiger partial charge in [-0.1, -0.05) is 214 Å². The fourth-order valence-electron chi connectivity index (χ4n) is 9.89. The molecule has 10 aromatic carbocycles. The van der Waals surface area contributed by atoms with Gasteiger partial charge in [0.25, 0.3) is 0 Å². The van der Waals surface area contributed by atoms with Crippen LogP contribution in [0, 0.1) is 0 Å². The molecule has 0 N–H and O–H groups in total. The smallest absolute Gasteiger partial charge is 0.0540 e. The van der Waals surface area contributed by atoms with Crippen LogP contribution >= 0.6 is 0 Å². The Kier molecular flexibility index (Phi) is 9.94. The van der Waals surface area contributed by atoms with Gasteiger partial charge in [-0.3, -0.25) is 0 Å². The molecule has 11 rings (SSSR count). The van der Waals surface area contributed by atoms with E-state index < -0.39 is 0 Å². The van der Waals surface area contributed by atoms with E-state index in [4.69, 9.17) is 0 Å². The summed E-state index contributed by atoms with van der Waals surface area (Å²) in [5.74, 6) is 0. The summed E-state index contributed by atoms with van der Waals surface area (Å²) in [6.45, 7) is 4.73. The number of fused-ring (bicyclic) bond motifs is 3. The molecule has 10 aromatic rings. The van der Waals surface area contributed by atoms with E-state index in [0.29, 0.717) is 0 Å². The van der Waals surface area contributed by atoms with Gasteiger partial charge in [0, 0.05) is 22.4 Å². The van der Waals surface area contributed by atoms with Crippen LogP contribution in [0.15, 0.2) is 249 Å². The van der Waals surface area contributed by atoms with Gasteiger partial charge in [-0.05, 0) is 132 Å². The van der Waals surface area contributed by atoms with Crippen molar-refractivity contribution < 1.29 is 0 Å². The van der Waals surface area contributed by atoms with Gasteiger partial charge in [-0.15, -0.1) is 0 Å². The van der Waals surface area contributed by atoms with E-state index >= 15 is 0 Å². The molecule has 1 nitrogen and oxygen atoms in total. The predicted molar refractivity (Wildman–Crippen MR) is 271 cm³/mol. The lowest BCUT2D eigenvalue weighted by Gasteiger charge is -2.30. The second-order valence-electron chi connectivity index (χ2n) is 17.3. The Labute approximate surface area is 377 Å². The van der Waals surface area contributed by atoms with Crippen molar-refractivity contribution in [1.82, 2.24) is 0 Å². The molecule has 0 aliphatic heterocycles. The van der Waals surface area contributed by atoms with Crippen molar-refractivity contribution in [2.75, 3.05) is 4.90 Å². The molecule has 0 atom stereocenters. The molecule has 0 saturated carbocycles. The van der Waals surface area contributed by atoms with Crippen molar-refractivity contribution in [3.8, 4) is 77.9 Å². The van der Waals surface area contributed by atoms with E-state index in [9.17, 15) is 0 Å². The molecule has 64 heavy (non-hydrogen) atoms. The standard InChI is InChI=1S/C63H47N/c1-63(2)60-32-18-16-30-57(60)58-39-38-52(43-61(58)63)64(51-36-34-46(35-37-51)50-41-48(44-20-6-3-7-21-44)40-49(42-50)45-22-8-4-9-23-45)62-33-19-17-31-59(62)56-29-15-14-28-55(56)54-27-13-12-26-53(54)47-24-10-5-11-25-47/h3-43H,1-2H3. The molecular formula is C63H47N. The number of benzene rings is 10. The van der Waals surface area contributed by atoms with Crippen molar-refractivity contribution in [2.45, 2.75) is 19.3 Å². The lowest BCUT2D eigenvalue weighted by atomic mass is 9.82. The van der Waals surface area contributed by atoms with Gasteiger partial charge in [0.1, 0.15) is 0 Å². The maximum absolute atomic E-state index is 2.47. The van der Waals surface area contributed by atoms with E-state index in [1.165, 1.54) is 83.5 Å². The highest BCUT2D eigenvalue weighted by molar-refractivity contribution is 5.98. The summed E-state index contributed by atoms with van der Waals surface area (Å²) in [7, 11) is 0. The van der Waals surface area contributed by atoms with Gasteiger partial charge < -0.3 is 4.90 Å². The Morgan fingerprint density at radius 3 is 1.22 bits per heavy atom.